The van der Waals surface area contributed by atoms with Gasteiger partial charge in [-0.05, 0) is 37.2 Å². The molecule has 0 amide bonds. The Kier molecular flexibility index (Phi) is 3.65. The first-order chi connectivity index (χ1) is 8.09. The van der Waals surface area contributed by atoms with Gasteiger partial charge in [0.15, 0.2) is 0 Å². The molecule has 1 fully saturated rings. The molecular formula is C14H22N2O. The van der Waals surface area contributed by atoms with Gasteiger partial charge in [-0.3, -0.25) is 0 Å². The average Bonchev–Trinajstić information content (AvgIpc) is 2.32. The molecule has 1 aliphatic rings. The van der Waals surface area contributed by atoms with E-state index in [1.165, 1.54) is 37.7 Å². The first-order valence-corrected chi connectivity index (χ1v) is 6.70. The van der Waals surface area contributed by atoms with Gasteiger partial charge >= 0.3 is 5.69 Å². The van der Waals surface area contributed by atoms with Crippen molar-refractivity contribution < 1.29 is 0 Å². The van der Waals surface area contributed by atoms with Crippen molar-refractivity contribution in [3.63, 3.8) is 0 Å². The van der Waals surface area contributed by atoms with Gasteiger partial charge in [0, 0.05) is 5.69 Å². The second-order valence-electron chi connectivity index (χ2n) is 5.46. The summed E-state index contributed by atoms with van der Waals surface area (Å²) in [6, 6.07) is 0. The van der Waals surface area contributed by atoms with Crippen molar-refractivity contribution in [3.8, 4) is 0 Å². The molecule has 0 radical (unpaired) electrons. The summed E-state index contributed by atoms with van der Waals surface area (Å²) in [5, 5.41) is 0. The van der Waals surface area contributed by atoms with E-state index in [2.05, 4.69) is 30.7 Å². The third-order valence-corrected chi connectivity index (χ3v) is 3.81. The molecule has 1 saturated carbocycles. The number of nitrogens with zero attached hydrogens (tertiary/aromatic N) is 1. The van der Waals surface area contributed by atoms with E-state index in [0.29, 0.717) is 11.8 Å². The van der Waals surface area contributed by atoms with Crippen molar-refractivity contribution in [1.82, 2.24) is 9.97 Å². The summed E-state index contributed by atoms with van der Waals surface area (Å²) < 4.78 is 0. The quantitative estimate of drug-likeness (QED) is 0.853. The molecule has 1 aliphatic carbocycles. The molecule has 1 heterocycles. The molecular weight excluding hydrogens is 212 g/mol. The Morgan fingerprint density at radius 2 is 1.88 bits per heavy atom. The molecule has 3 heteroatoms. The van der Waals surface area contributed by atoms with Gasteiger partial charge in [0.25, 0.3) is 0 Å². The van der Waals surface area contributed by atoms with Gasteiger partial charge in [-0.15, -0.1) is 0 Å². The highest BCUT2D eigenvalue weighted by molar-refractivity contribution is 5.28. The second-order valence-corrected chi connectivity index (χ2v) is 5.46. The number of hydrogen-bond donors (Lipinski definition) is 1. The van der Waals surface area contributed by atoms with E-state index < -0.39 is 0 Å². The van der Waals surface area contributed by atoms with E-state index in [0.717, 1.165) is 11.4 Å². The van der Waals surface area contributed by atoms with Crippen LogP contribution in [0.4, 0.5) is 0 Å². The molecule has 0 spiro atoms. The van der Waals surface area contributed by atoms with Crippen LogP contribution >= 0.6 is 0 Å². The Bertz CT molecular complexity index is 442. The number of rotatable bonds is 2. The maximum Gasteiger partial charge on any atom is 0.345 e. The van der Waals surface area contributed by atoms with Crippen molar-refractivity contribution >= 4 is 0 Å². The van der Waals surface area contributed by atoms with Gasteiger partial charge in [-0.2, -0.15) is 4.98 Å². The Morgan fingerprint density at radius 1 is 1.24 bits per heavy atom. The van der Waals surface area contributed by atoms with E-state index in [4.69, 9.17) is 0 Å². The molecule has 0 aliphatic heterocycles. The highest BCUT2D eigenvalue weighted by Crippen LogP contribution is 2.33. The maximum absolute atomic E-state index is 11.6. The van der Waals surface area contributed by atoms with Gasteiger partial charge in [-0.25, -0.2) is 4.79 Å². The summed E-state index contributed by atoms with van der Waals surface area (Å²) in [5.41, 5.74) is 3.13. The minimum absolute atomic E-state index is 0.181. The Balaban J connectivity index is 2.42. The fourth-order valence-electron chi connectivity index (χ4n) is 2.93. The van der Waals surface area contributed by atoms with Gasteiger partial charge in [0.05, 0.1) is 5.69 Å². The third-order valence-electron chi connectivity index (χ3n) is 3.81. The Morgan fingerprint density at radius 3 is 2.47 bits per heavy atom. The van der Waals surface area contributed by atoms with Crippen molar-refractivity contribution in [1.29, 1.82) is 0 Å². The number of aromatic amines is 1. The Labute approximate surface area is 103 Å². The monoisotopic (exact) mass is 234 g/mol. The number of nitrogens with one attached hydrogen (secondary N) is 1. The van der Waals surface area contributed by atoms with E-state index >= 15 is 0 Å². The minimum Gasteiger partial charge on any atom is -0.309 e. The molecule has 2 rings (SSSR count). The largest absolute Gasteiger partial charge is 0.345 e. The number of aromatic nitrogens is 2. The van der Waals surface area contributed by atoms with Crippen LogP contribution in [0.3, 0.4) is 0 Å². The first-order valence-electron chi connectivity index (χ1n) is 6.70. The fourth-order valence-corrected chi connectivity index (χ4v) is 2.93. The second kappa shape index (κ2) is 5.03. The normalized spacial score (nSPS) is 17.6. The molecule has 1 aromatic heterocycles. The molecule has 0 unspecified atom stereocenters. The molecule has 1 aromatic rings. The molecule has 94 valence electrons. The van der Waals surface area contributed by atoms with Crippen LogP contribution in [0.1, 0.15) is 74.7 Å². The highest BCUT2D eigenvalue weighted by atomic mass is 16.1. The zero-order valence-electron chi connectivity index (χ0n) is 11.0. The standard InChI is InChI=1S/C14H22N2O/c1-9(2)12-10(3)13(16-14(17)15-12)11-7-5-4-6-8-11/h9,11H,4-8H2,1-3H3,(H,15,16,17). The molecule has 3 nitrogen and oxygen atoms in total. The average molecular weight is 234 g/mol. The summed E-state index contributed by atoms with van der Waals surface area (Å²) in [5.74, 6) is 0.858. The Hall–Kier alpha value is -1.12. The summed E-state index contributed by atoms with van der Waals surface area (Å²) in [6.45, 7) is 6.29. The lowest BCUT2D eigenvalue weighted by atomic mass is 9.84. The van der Waals surface area contributed by atoms with Crippen LogP contribution in [0.15, 0.2) is 4.79 Å². The van der Waals surface area contributed by atoms with Crippen LogP contribution in [-0.4, -0.2) is 9.97 Å². The lowest BCUT2D eigenvalue weighted by Crippen LogP contribution is -2.21. The van der Waals surface area contributed by atoms with E-state index in [1.54, 1.807) is 0 Å². The van der Waals surface area contributed by atoms with Crippen molar-refractivity contribution in [2.45, 2.75) is 64.7 Å². The van der Waals surface area contributed by atoms with Crippen molar-refractivity contribution in [2.24, 2.45) is 0 Å². The molecule has 0 saturated heterocycles. The van der Waals surface area contributed by atoms with E-state index in [-0.39, 0.29) is 5.69 Å². The summed E-state index contributed by atoms with van der Waals surface area (Å²) in [7, 11) is 0. The van der Waals surface area contributed by atoms with Crippen LogP contribution in [0.2, 0.25) is 0 Å². The van der Waals surface area contributed by atoms with Gasteiger partial charge < -0.3 is 4.98 Å². The lowest BCUT2D eigenvalue weighted by Gasteiger charge is -2.24. The number of H-pyrrole nitrogens is 1. The fraction of sp³-hybridized carbons (Fsp3) is 0.714. The zero-order chi connectivity index (χ0) is 12.4. The molecule has 0 bridgehead atoms. The van der Waals surface area contributed by atoms with E-state index in [9.17, 15) is 4.79 Å². The topological polar surface area (TPSA) is 45.8 Å². The summed E-state index contributed by atoms with van der Waals surface area (Å²) in [6.07, 6.45) is 6.31. The van der Waals surface area contributed by atoms with Crippen molar-refractivity contribution in [3.05, 3.63) is 27.4 Å². The van der Waals surface area contributed by atoms with E-state index in [1.807, 2.05) is 0 Å². The first kappa shape index (κ1) is 12.3. The summed E-state index contributed by atoms with van der Waals surface area (Å²) in [4.78, 5) is 18.7. The van der Waals surface area contributed by atoms with Crippen molar-refractivity contribution in [2.75, 3.05) is 0 Å². The van der Waals surface area contributed by atoms with Crippen LogP contribution in [-0.2, 0) is 0 Å². The molecule has 0 atom stereocenters. The van der Waals surface area contributed by atoms with Gasteiger partial charge in [0.1, 0.15) is 0 Å². The van der Waals surface area contributed by atoms with Gasteiger partial charge in [0.2, 0.25) is 0 Å². The molecule has 1 N–H and O–H groups in total. The zero-order valence-corrected chi connectivity index (χ0v) is 11.0. The van der Waals surface area contributed by atoms with Crippen LogP contribution in [0.25, 0.3) is 0 Å². The highest BCUT2D eigenvalue weighted by Gasteiger charge is 2.21. The SMILES string of the molecule is Cc1c(C(C)C)nc(=O)[nH]c1C1CCCCC1. The van der Waals surface area contributed by atoms with Crippen LogP contribution in [0, 0.1) is 6.92 Å². The van der Waals surface area contributed by atoms with Gasteiger partial charge in [-0.1, -0.05) is 33.1 Å². The minimum atomic E-state index is -0.181. The maximum atomic E-state index is 11.6. The molecule has 0 aromatic carbocycles. The predicted octanol–water partition coefficient (Wildman–Crippen LogP) is 3.25. The predicted molar refractivity (Wildman–Crippen MR) is 69.5 cm³/mol. The molecule has 17 heavy (non-hydrogen) atoms. The van der Waals surface area contributed by atoms with Crippen LogP contribution < -0.4 is 5.69 Å². The lowest BCUT2D eigenvalue weighted by molar-refractivity contribution is 0.433. The number of hydrogen-bond acceptors (Lipinski definition) is 2. The smallest absolute Gasteiger partial charge is 0.309 e. The third kappa shape index (κ3) is 2.59. The van der Waals surface area contributed by atoms with Crippen LogP contribution in [0.5, 0.6) is 0 Å². The summed E-state index contributed by atoms with van der Waals surface area (Å²) >= 11 is 0.